The fraction of sp³-hybridized carbons (Fsp3) is 0.571. The van der Waals surface area contributed by atoms with Crippen molar-refractivity contribution >= 4 is 0 Å². The van der Waals surface area contributed by atoms with E-state index in [0.717, 1.165) is 11.5 Å². The van der Waals surface area contributed by atoms with E-state index < -0.39 is 0 Å². The number of benzene rings is 1. The molecule has 0 N–H and O–H groups in total. The Morgan fingerprint density at radius 3 is 2.12 bits per heavy atom. The lowest BCUT2D eigenvalue weighted by molar-refractivity contribution is 0.141. The molecule has 0 fully saturated rings. The van der Waals surface area contributed by atoms with Crippen molar-refractivity contribution < 1.29 is 14.2 Å². The number of hydrogen-bond donors (Lipinski definition) is 0. The Balaban J connectivity index is 0.00000121. The normalized spacial score (nSPS) is 9.53. The molecular formula is C14H24O3. The first kappa shape index (κ1) is 15.8. The summed E-state index contributed by atoms with van der Waals surface area (Å²) in [6.45, 7) is 9.10. The molecule has 0 amide bonds. The lowest BCUT2D eigenvalue weighted by Gasteiger charge is -2.14. The molecule has 98 valence electrons. The molecule has 17 heavy (non-hydrogen) atoms. The Morgan fingerprint density at radius 1 is 1.00 bits per heavy atom. The van der Waals surface area contributed by atoms with Crippen LogP contribution in [0.25, 0.3) is 0 Å². The highest BCUT2D eigenvalue weighted by Crippen LogP contribution is 2.27. The third kappa shape index (κ3) is 6.84. The number of para-hydroxylation sites is 2. The molecule has 3 nitrogen and oxygen atoms in total. The molecule has 0 atom stereocenters. The van der Waals surface area contributed by atoms with Crippen LogP contribution in [-0.2, 0) is 4.74 Å². The second kappa shape index (κ2) is 9.97. The maximum absolute atomic E-state index is 5.61. The van der Waals surface area contributed by atoms with Crippen LogP contribution < -0.4 is 9.47 Å². The maximum Gasteiger partial charge on any atom is 0.161 e. The van der Waals surface area contributed by atoms with E-state index in [1.807, 2.05) is 52.0 Å². The Morgan fingerprint density at radius 2 is 1.59 bits per heavy atom. The molecule has 1 aromatic rings. The Labute approximate surface area is 105 Å². The zero-order valence-electron chi connectivity index (χ0n) is 11.5. The van der Waals surface area contributed by atoms with Gasteiger partial charge in [-0.25, -0.2) is 0 Å². The van der Waals surface area contributed by atoms with Gasteiger partial charge in [-0.3, -0.25) is 0 Å². The first-order chi connectivity index (χ1) is 8.24. The summed E-state index contributed by atoms with van der Waals surface area (Å²) in [5, 5.41) is 0. The Kier molecular flexibility index (Phi) is 9.25. The second-order valence-electron chi connectivity index (χ2n) is 3.45. The van der Waals surface area contributed by atoms with E-state index in [2.05, 4.69) is 0 Å². The quantitative estimate of drug-likeness (QED) is 0.712. The molecule has 0 bridgehead atoms. The summed E-state index contributed by atoms with van der Waals surface area (Å²) in [4.78, 5) is 0. The smallest absolute Gasteiger partial charge is 0.161 e. The highest BCUT2D eigenvalue weighted by Gasteiger charge is 2.05. The van der Waals surface area contributed by atoms with Crippen molar-refractivity contribution in [1.82, 2.24) is 0 Å². The fourth-order valence-electron chi connectivity index (χ4n) is 1.16. The molecule has 1 rings (SSSR count). The van der Waals surface area contributed by atoms with E-state index in [1.165, 1.54) is 0 Å². The van der Waals surface area contributed by atoms with Gasteiger partial charge >= 0.3 is 0 Å². The number of hydrogen-bond acceptors (Lipinski definition) is 3. The highest BCUT2D eigenvalue weighted by molar-refractivity contribution is 5.39. The molecule has 0 saturated carbocycles. The van der Waals surface area contributed by atoms with E-state index in [9.17, 15) is 0 Å². The summed E-state index contributed by atoms with van der Waals surface area (Å²) >= 11 is 0. The van der Waals surface area contributed by atoms with Gasteiger partial charge in [-0.1, -0.05) is 26.0 Å². The lowest BCUT2D eigenvalue weighted by Crippen LogP contribution is -2.09. The van der Waals surface area contributed by atoms with E-state index in [0.29, 0.717) is 13.2 Å². The average Bonchev–Trinajstić information content (AvgIpc) is 2.33. The van der Waals surface area contributed by atoms with E-state index in [-0.39, 0.29) is 6.10 Å². The van der Waals surface area contributed by atoms with E-state index in [1.54, 1.807) is 7.11 Å². The van der Waals surface area contributed by atoms with Crippen LogP contribution >= 0.6 is 0 Å². The van der Waals surface area contributed by atoms with Gasteiger partial charge in [0.25, 0.3) is 0 Å². The fourth-order valence-corrected chi connectivity index (χ4v) is 1.16. The molecule has 0 unspecified atom stereocenters. The summed E-state index contributed by atoms with van der Waals surface area (Å²) < 4.78 is 16.1. The Bertz CT molecular complexity index is 285. The van der Waals surface area contributed by atoms with Crippen molar-refractivity contribution in [3.8, 4) is 11.5 Å². The molecule has 0 aliphatic rings. The molecule has 0 spiro atoms. The topological polar surface area (TPSA) is 27.7 Å². The van der Waals surface area contributed by atoms with Crippen molar-refractivity contribution in [3.05, 3.63) is 24.3 Å². The summed E-state index contributed by atoms with van der Waals surface area (Å²) in [5.41, 5.74) is 0. The molecule has 1 aromatic carbocycles. The van der Waals surface area contributed by atoms with Crippen molar-refractivity contribution in [2.24, 2.45) is 0 Å². The van der Waals surface area contributed by atoms with Crippen molar-refractivity contribution in [2.75, 3.05) is 20.3 Å². The van der Waals surface area contributed by atoms with Crippen LogP contribution in [0.4, 0.5) is 0 Å². The molecule has 0 aliphatic carbocycles. The van der Waals surface area contributed by atoms with Gasteiger partial charge in [-0.2, -0.15) is 0 Å². The van der Waals surface area contributed by atoms with Crippen LogP contribution in [0.3, 0.4) is 0 Å². The summed E-state index contributed by atoms with van der Waals surface area (Å²) in [5.74, 6) is 1.55. The van der Waals surface area contributed by atoms with E-state index in [4.69, 9.17) is 14.2 Å². The highest BCUT2D eigenvalue weighted by atomic mass is 16.5. The van der Waals surface area contributed by atoms with Crippen LogP contribution in [0.1, 0.15) is 27.7 Å². The molecule has 3 heteroatoms. The van der Waals surface area contributed by atoms with Crippen molar-refractivity contribution in [3.63, 3.8) is 0 Å². The van der Waals surface area contributed by atoms with Gasteiger partial charge in [0.05, 0.1) is 12.7 Å². The minimum absolute atomic E-state index is 0.150. The third-order valence-electron chi connectivity index (χ3n) is 1.76. The van der Waals surface area contributed by atoms with Crippen molar-refractivity contribution in [2.45, 2.75) is 33.8 Å². The summed E-state index contributed by atoms with van der Waals surface area (Å²) in [7, 11) is 1.65. The first-order valence-corrected chi connectivity index (χ1v) is 6.11. The van der Waals surface area contributed by atoms with Gasteiger partial charge in [0.2, 0.25) is 0 Å². The predicted molar refractivity (Wildman–Crippen MR) is 70.9 cm³/mol. The Hall–Kier alpha value is -1.22. The predicted octanol–water partition coefficient (Wildman–Crippen LogP) is 3.53. The SMILES string of the molecule is CC.COCCOc1ccccc1OC(C)C. The van der Waals surface area contributed by atoms with Crippen molar-refractivity contribution in [1.29, 1.82) is 0 Å². The number of methoxy groups -OCH3 is 1. The lowest BCUT2D eigenvalue weighted by atomic mass is 10.3. The summed E-state index contributed by atoms with van der Waals surface area (Å²) in [6.07, 6.45) is 0.150. The second-order valence-corrected chi connectivity index (χ2v) is 3.45. The number of ether oxygens (including phenoxy) is 3. The largest absolute Gasteiger partial charge is 0.487 e. The third-order valence-corrected chi connectivity index (χ3v) is 1.76. The first-order valence-electron chi connectivity index (χ1n) is 6.11. The van der Waals surface area contributed by atoms with Gasteiger partial charge in [-0.05, 0) is 26.0 Å². The molecule has 0 aliphatic heterocycles. The zero-order valence-corrected chi connectivity index (χ0v) is 11.5. The van der Waals surface area contributed by atoms with Gasteiger partial charge in [-0.15, -0.1) is 0 Å². The van der Waals surface area contributed by atoms with E-state index >= 15 is 0 Å². The minimum atomic E-state index is 0.150. The van der Waals surface area contributed by atoms with Crippen LogP contribution in [0, 0.1) is 0 Å². The van der Waals surface area contributed by atoms with Crippen LogP contribution in [0.2, 0.25) is 0 Å². The van der Waals surface area contributed by atoms with Crippen LogP contribution in [0.5, 0.6) is 11.5 Å². The number of rotatable bonds is 6. The summed E-state index contributed by atoms with van der Waals surface area (Å²) in [6, 6.07) is 7.66. The standard InChI is InChI=1S/C12H18O3.C2H6/c1-10(2)15-12-7-5-4-6-11(12)14-9-8-13-3;1-2/h4-7,10H,8-9H2,1-3H3;1-2H3. The van der Waals surface area contributed by atoms with Gasteiger partial charge in [0.15, 0.2) is 11.5 Å². The van der Waals surface area contributed by atoms with Crippen LogP contribution in [-0.4, -0.2) is 26.4 Å². The van der Waals surface area contributed by atoms with Gasteiger partial charge in [0.1, 0.15) is 6.61 Å². The molecule has 0 heterocycles. The molecular weight excluding hydrogens is 216 g/mol. The zero-order chi connectivity index (χ0) is 13.1. The minimum Gasteiger partial charge on any atom is -0.487 e. The molecule has 0 saturated heterocycles. The molecule has 0 aromatic heterocycles. The van der Waals surface area contributed by atoms with Gasteiger partial charge in [0, 0.05) is 7.11 Å². The molecule has 0 radical (unpaired) electrons. The monoisotopic (exact) mass is 240 g/mol. The van der Waals surface area contributed by atoms with Crippen LogP contribution in [0.15, 0.2) is 24.3 Å². The average molecular weight is 240 g/mol. The maximum atomic E-state index is 5.61. The van der Waals surface area contributed by atoms with Gasteiger partial charge < -0.3 is 14.2 Å².